The van der Waals surface area contributed by atoms with E-state index >= 15 is 0 Å². The first-order chi connectivity index (χ1) is 8.02. The number of hydrogen-bond donors (Lipinski definition) is 2. The molecule has 0 aliphatic carbocycles. The van der Waals surface area contributed by atoms with Crippen molar-refractivity contribution in [2.24, 2.45) is 11.7 Å². The Labute approximate surface area is 104 Å². The van der Waals surface area contributed by atoms with E-state index in [2.05, 4.69) is 24.1 Å². The zero-order chi connectivity index (χ0) is 12.8. The molecule has 0 saturated carbocycles. The van der Waals surface area contributed by atoms with Gasteiger partial charge in [-0.25, -0.2) is 0 Å². The van der Waals surface area contributed by atoms with Crippen molar-refractivity contribution in [3.8, 4) is 0 Å². The van der Waals surface area contributed by atoms with Gasteiger partial charge in [0, 0.05) is 25.7 Å². The summed E-state index contributed by atoms with van der Waals surface area (Å²) in [6.45, 7) is 10.2. The van der Waals surface area contributed by atoms with E-state index in [1.54, 1.807) is 6.92 Å². The van der Waals surface area contributed by atoms with Gasteiger partial charge in [0.15, 0.2) is 0 Å². The summed E-state index contributed by atoms with van der Waals surface area (Å²) in [5.74, 6) is 0.422. The number of morpholine rings is 1. The van der Waals surface area contributed by atoms with E-state index in [-0.39, 0.29) is 5.91 Å². The van der Waals surface area contributed by atoms with Crippen molar-refractivity contribution in [2.45, 2.75) is 32.9 Å². The first-order valence-corrected chi connectivity index (χ1v) is 6.37. The number of carbonyl (C=O) groups excluding carboxylic acids is 1. The van der Waals surface area contributed by atoms with E-state index in [9.17, 15) is 4.79 Å². The summed E-state index contributed by atoms with van der Waals surface area (Å²) in [7, 11) is 0. The van der Waals surface area contributed by atoms with E-state index < -0.39 is 6.04 Å². The van der Waals surface area contributed by atoms with Crippen LogP contribution in [0.1, 0.15) is 20.8 Å². The van der Waals surface area contributed by atoms with Crippen LogP contribution in [-0.4, -0.2) is 55.7 Å². The lowest BCUT2D eigenvalue weighted by molar-refractivity contribution is -0.122. The van der Waals surface area contributed by atoms with Crippen molar-refractivity contribution in [3.05, 3.63) is 0 Å². The van der Waals surface area contributed by atoms with E-state index in [1.165, 1.54) is 0 Å². The molecule has 17 heavy (non-hydrogen) atoms. The van der Waals surface area contributed by atoms with Crippen LogP contribution >= 0.6 is 0 Å². The quantitative estimate of drug-likeness (QED) is 0.702. The molecule has 1 amide bonds. The molecule has 1 fully saturated rings. The maximum atomic E-state index is 11.5. The van der Waals surface area contributed by atoms with E-state index in [0.29, 0.717) is 18.5 Å². The van der Waals surface area contributed by atoms with E-state index in [0.717, 1.165) is 26.3 Å². The Kier molecular flexibility index (Phi) is 5.88. The average Bonchev–Trinajstić information content (AvgIpc) is 2.29. The minimum atomic E-state index is -0.437. The predicted octanol–water partition coefficient (Wildman–Crippen LogP) is -0.193. The Balaban J connectivity index is 2.45. The van der Waals surface area contributed by atoms with E-state index in [1.807, 2.05) is 0 Å². The number of hydrogen-bond acceptors (Lipinski definition) is 4. The highest BCUT2D eigenvalue weighted by Crippen LogP contribution is 2.12. The lowest BCUT2D eigenvalue weighted by Crippen LogP contribution is -2.52. The Bertz CT molecular complexity index is 238. The summed E-state index contributed by atoms with van der Waals surface area (Å²) in [5, 5.41) is 2.91. The molecule has 0 radical (unpaired) electrons. The van der Waals surface area contributed by atoms with Gasteiger partial charge in [0.25, 0.3) is 0 Å². The number of nitrogens with zero attached hydrogens (tertiary/aromatic N) is 1. The molecule has 0 spiro atoms. The molecule has 1 aliphatic rings. The molecule has 0 aromatic carbocycles. The van der Waals surface area contributed by atoms with Crippen molar-refractivity contribution < 1.29 is 9.53 Å². The van der Waals surface area contributed by atoms with Crippen LogP contribution in [0.25, 0.3) is 0 Å². The van der Waals surface area contributed by atoms with Crippen LogP contribution in [0.5, 0.6) is 0 Å². The second-order valence-corrected chi connectivity index (χ2v) is 4.99. The fraction of sp³-hybridized carbons (Fsp3) is 0.917. The first-order valence-electron chi connectivity index (χ1n) is 6.37. The summed E-state index contributed by atoms with van der Waals surface area (Å²) >= 11 is 0. The normalized spacial score (nSPS) is 21.2. The molecular formula is C12H25N3O2. The van der Waals surface area contributed by atoms with Crippen LogP contribution in [0.4, 0.5) is 0 Å². The van der Waals surface area contributed by atoms with Crippen LogP contribution in [-0.2, 0) is 9.53 Å². The second-order valence-electron chi connectivity index (χ2n) is 4.99. The van der Waals surface area contributed by atoms with Crippen LogP contribution in [0, 0.1) is 5.92 Å². The third-order valence-electron chi connectivity index (χ3n) is 3.18. The smallest absolute Gasteiger partial charge is 0.236 e. The first kappa shape index (κ1) is 14.4. The van der Waals surface area contributed by atoms with Crippen molar-refractivity contribution in [1.29, 1.82) is 0 Å². The van der Waals surface area contributed by atoms with Crippen LogP contribution < -0.4 is 11.1 Å². The molecule has 2 unspecified atom stereocenters. The van der Waals surface area contributed by atoms with Gasteiger partial charge in [0.05, 0.1) is 19.3 Å². The lowest BCUT2D eigenvalue weighted by Gasteiger charge is -2.37. The average molecular weight is 243 g/mol. The minimum absolute atomic E-state index is 0.0797. The van der Waals surface area contributed by atoms with E-state index in [4.69, 9.17) is 10.5 Å². The zero-order valence-corrected chi connectivity index (χ0v) is 11.1. The van der Waals surface area contributed by atoms with Crippen LogP contribution in [0.15, 0.2) is 0 Å². The van der Waals surface area contributed by atoms with Gasteiger partial charge < -0.3 is 15.8 Å². The topological polar surface area (TPSA) is 67.6 Å². The maximum Gasteiger partial charge on any atom is 0.236 e. The van der Waals surface area contributed by atoms with Gasteiger partial charge in [-0.2, -0.15) is 0 Å². The Morgan fingerprint density at radius 2 is 1.94 bits per heavy atom. The summed E-state index contributed by atoms with van der Waals surface area (Å²) in [6.07, 6.45) is 0. The molecule has 1 saturated heterocycles. The third kappa shape index (κ3) is 4.61. The third-order valence-corrected chi connectivity index (χ3v) is 3.18. The number of nitrogens with one attached hydrogen (secondary N) is 1. The summed E-state index contributed by atoms with van der Waals surface area (Å²) in [5.41, 5.74) is 5.53. The lowest BCUT2D eigenvalue weighted by atomic mass is 10.0. The van der Waals surface area contributed by atoms with Gasteiger partial charge in [-0.05, 0) is 12.8 Å². The van der Waals surface area contributed by atoms with Gasteiger partial charge in [0.2, 0.25) is 5.91 Å². The van der Waals surface area contributed by atoms with Gasteiger partial charge in [0.1, 0.15) is 0 Å². The van der Waals surface area contributed by atoms with Crippen LogP contribution in [0.2, 0.25) is 0 Å². The number of nitrogens with two attached hydrogens (primary N) is 1. The number of amides is 1. The fourth-order valence-electron chi connectivity index (χ4n) is 2.06. The molecule has 5 nitrogen and oxygen atoms in total. The number of ether oxygens (including phenoxy) is 1. The molecule has 1 rings (SSSR count). The summed E-state index contributed by atoms with van der Waals surface area (Å²) in [6, 6.07) is -0.0749. The highest BCUT2D eigenvalue weighted by atomic mass is 16.5. The minimum Gasteiger partial charge on any atom is -0.379 e. The van der Waals surface area contributed by atoms with Crippen molar-refractivity contribution >= 4 is 5.91 Å². The van der Waals surface area contributed by atoms with Gasteiger partial charge in [-0.1, -0.05) is 13.8 Å². The largest absolute Gasteiger partial charge is 0.379 e. The zero-order valence-electron chi connectivity index (χ0n) is 11.1. The standard InChI is InChI=1S/C12H25N3O2/c1-9(2)11(8-14-12(16)10(3)13)15-4-6-17-7-5-15/h9-11H,4-8,13H2,1-3H3,(H,14,16). The van der Waals surface area contributed by atoms with Crippen molar-refractivity contribution in [2.75, 3.05) is 32.8 Å². The Morgan fingerprint density at radius 1 is 1.35 bits per heavy atom. The SMILES string of the molecule is CC(N)C(=O)NCC(C(C)C)N1CCOCC1. The molecule has 5 heteroatoms. The monoisotopic (exact) mass is 243 g/mol. The Morgan fingerprint density at radius 3 is 2.41 bits per heavy atom. The molecule has 0 aromatic rings. The molecule has 0 bridgehead atoms. The van der Waals surface area contributed by atoms with Gasteiger partial charge in [-0.15, -0.1) is 0 Å². The highest BCUT2D eigenvalue weighted by Gasteiger charge is 2.24. The molecule has 1 aliphatic heterocycles. The van der Waals surface area contributed by atoms with Crippen molar-refractivity contribution in [3.63, 3.8) is 0 Å². The van der Waals surface area contributed by atoms with Gasteiger partial charge in [-0.3, -0.25) is 9.69 Å². The second kappa shape index (κ2) is 6.93. The summed E-state index contributed by atoms with van der Waals surface area (Å²) in [4.78, 5) is 13.9. The van der Waals surface area contributed by atoms with Crippen molar-refractivity contribution in [1.82, 2.24) is 10.2 Å². The molecule has 2 atom stereocenters. The number of carbonyl (C=O) groups is 1. The molecule has 3 N–H and O–H groups in total. The molecular weight excluding hydrogens is 218 g/mol. The summed E-state index contributed by atoms with van der Waals surface area (Å²) < 4.78 is 5.34. The Hall–Kier alpha value is -0.650. The molecule has 0 aromatic heterocycles. The van der Waals surface area contributed by atoms with Gasteiger partial charge >= 0.3 is 0 Å². The molecule has 100 valence electrons. The highest BCUT2D eigenvalue weighted by molar-refractivity contribution is 5.80. The molecule has 1 heterocycles. The number of rotatable bonds is 5. The fourth-order valence-corrected chi connectivity index (χ4v) is 2.06. The predicted molar refractivity (Wildman–Crippen MR) is 67.7 cm³/mol. The maximum absolute atomic E-state index is 11.5. The van der Waals surface area contributed by atoms with Crippen LogP contribution in [0.3, 0.4) is 0 Å².